The molecule has 294 valence electrons. The zero-order chi connectivity index (χ0) is 39.2. The van der Waals surface area contributed by atoms with Crippen LogP contribution in [0.2, 0.25) is 0 Å². The van der Waals surface area contributed by atoms with Gasteiger partial charge in [-0.15, -0.1) is 6.58 Å². The highest BCUT2D eigenvalue weighted by Gasteiger charge is 2.62. The van der Waals surface area contributed by atoms with Crippen LogP contribution in [0.5, 0.6) is 11.6 Å². The molecule has 4 fully saturated rings. The fraction of sp³-hybridized carbons (Fsp3) is 0.641. The number of sulfonamides is 1. The zero-order valence-corrected chi connectivity index (χ0v) is 32.9. The molecule has 5 atom stereocenters. The van der Waals surface area contributed by atoms with Gasteiger partial charge in [-0.2, -0.15) is 0 Å². The highest BCUT2D eigenvalue weighted by Crippen LogP contribution is 2.46. The van der Waals surface area contributed by atoms with Gasteiger partial charge in [-0.1, -0.05) is 40.7 Å². The highest BCUT2D eigenvalue weighted by atomic mass is 32.2. The molecule has 54 heavy (non-hydrogen) atoms. The quantitative estimate of drug-likeness (QED) is 0.206. The van der Waals surface area contributed by atoms with Crippen LogP contribution in [0.1, 0.15) is 104 Å². The molecule has 0 spiro atoms. The number of amides is 3. The normalized spacial score (nSPS) is 24.9. The lowest BCUT2D eigenvalue weighted by Gasteiger charge is -2.35. The summed E-state index contributed by atoms with van der Waals surface area (Å²) in [6.45, 7) is 13.3. The first-order valence-electron chi connectivity index (χ1n) is 19.0. The average molecular weight is 768 g/mol. The molecule has 2 heterocycles. The van der Waals surface area contributed by atoms with Crippen molar-refractivity contribution in [2.24, 2.45) is 17.3 Å². The number of benzene rings is 1. The van der Waals surface area contributed by atoms with Gasteiger partial charge in [-0.25, -0.2) is 18.4 Å². The summed E-state index contributed by atoms with van der Waals surface area (Å²) >= 11 is 0. The van der Waals surface area contributed by atoms with Gasteiger partial charge in [0.05, 0.1) is 42.3 Å². The lowest BCUT2D eigenvalue weighted by atomic mass is 9.77. The van der Waals surface area contributed by atoms with Crippen LogP contribution in [-0.2, 0) is 33.9 Å². The Morgan fingerprint density at radius 3 is 2.35 bits per heavy atom. The fourth-order valence-electron chi connectivity index (χ4n) is 7.54. The molecule has 1 aromatic carbocycles. The molecular formula is C39H53N5O9S. The molecule has 0 unspecified atom stereocenters. The number of ether oxygens (including phenoxy) is 3. The van der Waals surface area contributed by atoms with Crippen molar-refractivity contribution in [1.82, 2.24) is 24.9 Å². The van der Waals surface area contributed by atoms with Gasteiger partial charge >= 0.3 is 5.97 Å². The summed E-state index contributed by atoms with van der Waals surface area (Å²) in [4.78, 5) is 66.8. The van der Waals surface area contributed by atoms with Gasteiger partial charge in [0.2, 0.25) is 27.7 Å². The van der Waals surface area contributed by atoms with Gasteiger partial charge in [0, 0.05) is 24.3 Å². The third-order valence-electron chi connectivity index (χ3n) is 11.1. The number of nitrogens with zero attached hydrogens (tertiary/aromatic N) is 3. The maximum absolute atomic E-state index is 14.7. The molecule has 3 aliphatic carbocycles. The Morgan fingerprint density at radius 1 is 1.06 bits per heavy atom. The van der Waals surface area contributed by atoms with Crippen molar-refractivity contribution in [2.45, 2.75) is 127 Å². The number of fused-ring (bicyclic) bond motifs is 1. The lowest BCUT2D eigenvalue weighted by Crippen LogP contribution is -2.57. The maximum atomic E-state index is 14.7. The molecule has 0 bridgehead atoms. The molecule has 2 N–H and O–H groups in total. The van der Waals surface area contributed by atoms with E-state index < -0.39 is 73.9 Å². The van der Waals surface area contributed by atoms with Crippen LogP contribution in [0.25, 0.3) is 11.0 Å². The van der Waals surface area contributed by atoms with Crippen LogP contribution in [0.15, 0.2) is 30.9 Å². The smallest absolute Gasteiger partial charge is 0.306 e. The molecule has 1 aromatic heterocycles. The first-order chi connectivity index (χ1) is 25.4. The summed E-state index contributed by atoms with van der Waals surface area (Å²) in [6, 6.07) is 4.24. The molecule has 0 radical (unpaired) electrons. The molecule has 3 saturated carbocycles. The number of hydrogen-bond donors (Lipinski definition) is 2. The summed E-state index contributed by atoms with van der Waals surface area (Å²) in [5.41, 5.74) is -0.446. The molecule has 14 nitrogen and oxygen atoms in total. The number of likely N-dealkylation sites (tertiary alicyclic amines) is 1. The van der Waals surface area contributed by atoms with Crippen LogP contribution < -0.4 is 19.5 Å². The van der Waals surface area contributed by atoms with Gasteiger partial charge in [-0.05, 0) is 62.5 Å². The number of hydrogen-bond acceptors (Lipinski definition) is 11. The minimum atomic E-state index is -3.90. The van der Waals surface area contributed by atoms with E-state index in [-0.39, 0.29) is 43.7 Å². The number of methoxy groups -OCH3 is 1. The van der Waals surface area contributed by atoms with E-state index in [0.29, 0.717) is 35.3 Å². The summed E-state index contributed by atoms with van der Waals surface area (Å²) in [5, 5.41) is 2.19. The molecule has 3 amide bonds. The Balaban J connectivity index is 1.30. The number of carbonyl (C=O) groups is 4. The third-order valence-corrected chi connectivity index (χ3v) is 12.9. The SMILES string of the molecule is C=C[C@@H]1C[C@]1(NC(=O)[C@@H]1C[C@@H](Oc2nc3cc(OC)ccc3nc2C(C)C)CN1C(=O)[C@@H](CC(=O)OC1CCCC1)C(C)(C)C)C(=O)NS(=O)(=O)C1CC1. The Bertz CT molecular complexity index is 1920. The predicted octanol–water partition coefficient (Wildman–Crippen LogP) is 4.32. The average Bonchev–Trinajstić information content (AvgIpc) is 3.99. The van der Waals surface area contributed by atoms with Crippen LogP contribution in [0.4, 0.5) is 0 Å². The first-order valence-corrected chi connectivity index (χ1v) is 20.5. The summed E-state index contributed by atoms with van der Waals surface area (Å²) < 4.78 is 45.3. The number of carbonyl (C=O) groups excluding carboxylic acids is 4. The van der Waals surface area contributed by atoms with Crippen LogP contribution in [-0.4, -0.2) is 89.7 Å². The predicted molar refractivity (Wildman–Crippen MR) is 200 cm³/mol. The van der Waals surface area contributed by atoms with Crippen molar-refractivity contribution in [2.75, 3.05) is 13.7 Å². The second kappa shape index (κ2) is 15.1. The Kier molecular flexibility index (Phi) is 11.0. The van der Waals surface area contributed by atoms with E-state index in [1.54, 1.807) is 19.2 Å². The molecule has 15 heteroatoms. The summed E-state index contributed by atoms with van der Waals surface area (Å²) in [6.07, 6.45) is 5.11. The molecule has 1 saturated heterocycles. The molecular weight excluding hydrogens is 715 g/mol. The van der Waals surface area contributed by atoms with E-state index in [4.69, 9.17) is 24.2 Å². The molecule has 4 aliphatic rings. The number of rotatable bonds is 14. The van der Waals surface area contributed by atoms with Crippen molar-refractivity contribution < 1.29 is 41.8 Å². The number of esters is 1. The molecule has 2 aromatic rings. The van der Waals surface area contributed by atoms with Crippen molar-refractivity contribution in [1.29, 1.82) is 0 Å². The van der Waals surface area contributed by atoms with Gasteiger partial charge < -0.3 is 24.4 Å². The van der Waals surface area contributed by atoms with Gasteiger partial charge in [0.25, 0.3) is 5.91 Å². The van der Waals surface area contributed by atoms with Gasteiger partial charge in [0.1, 0.15) is 35.2 Å². The van der Waals surface area contributed by atoms with E-state index in [2.05, 4.69) is 16.6 Å². The largest absolute Gasteiger partial charge is 0.497 e. The van der Waals surface area contributed by atoms with Crippen molar-refractivity contribution >= 4 is 44.7 Å². The van der Waals surface area contributed by atoms with E-state index >= 15 is 0 Å². The Morgan fingerprint density at radius 2 is 1.76 bits per heavy atom. The van der Waals surface area contributed by atoms with Crippen molar-refractivity contribution in [3.63, 3.8) is 0 Å². The first kappa shape index (κ1) is 39.4. The van der Waals surface area contributed by atoms with E-state index in [9.17, 15) is 27.6 Å². The second-order valence-electron chi connectivity index (χ2n) is 16.6. The third kappa shape index (κ3) is 8.35. The van der Waals surface area contributed by atoms with E-state index in [1.807, 2.05) is 40.7 Å². The zero-order valence-electron chi connectivity index (χ0n) is 32.1. The second-order valence-corrected chi connectivity index (χ2v) is 18.6. The lowest BCUT2D eigenvalue weighted by molar-refractivity contribution is -0.156. The Hall–Kier alpha value is -4.27. The van der Waals surface area contributed by atoms with Crippen molar-refractivity contribution in [3.8, 4) is 11.6 Å². The monoisotopic (exact) mass is 767 g/mol. The summed E-state index contributed by atoms with van der Waals surface area (Å²) in [5.74, 6) is -2.96. The minimum Gasteiger partial charge on any atom is -0.497 e. The summed E-state index contributed by atoms with van der Waals surface area (Å²) in [7, 11) is -2.34. The maximum Gasteiger partial charge on any atom is 0.306 e. The topological polar surface area (TPSA) is 183 Å². The van der Waals surface area contributed by atoms with E-state index in [0.717, 1.165) is 25.7 Å². The van der Waals surface area contributed by atoms with Crippen molar-refractivity contribution in [3.05, 3.63) is 36.5 Å². The standard InChI is InChI=1S/C39H53N5O9S/c1-8-23-20-39(23,37(48)43-54(49,50)27-14-15-27)42-34(46)31-18-26(53-35-33(22(2)3)40-29-16-13-25(51-7)17-30(29)41-35)21-44(31)36(47)28(38(4,5)6)19-32(45)52-24-11-9-10-12-24/h8,13,16-17,22-24,26-28,31H,1,9-12,14-15,18-21H2,2-7H3,(H,42,46)(H,43,48)/t23-,26-,28-,31+,39-/m1/s1. The van der Waals surface area contributed by atoms with E-state index in [1.165, 1.54) is 11.0 Å². The number of nitrogens with one attached hydrogen (secondary N) is 2. The fourth-order valence-corrected chi connectivity index (χ4v) is 8.91. The van der Waals surface area contributed by atoms with Gasteiger partial charge in [-0.3, -0.25) is 23.9 Å². The molecule has 1 aliphatic heterocycles. The highest BCUT2D eigenvalue weighted by molar-refractivity contribution is 7.91. The van der Waals surface area contributed by atoms with Crippen LogP contribution in [0, 0.1) is 17.3 Å². The minimum absolute atomic E-state index is 0.0172. The molecule has 6 rings (SSSR count). The van der Waals surface area contributed by atoms with Crippen LogP contribution >= 0.6 is 0 Å². The van der Waals surface area contributed by atoms with Crippen LogP contribution in [0.3, 0.4) is 0 Å². The number of aromatic nitrogens is 2. The Labute approximate surface area is 317 Å². The van der Waals surface area contributed by atoms with Gasteiger partial charge in [0.15, 0.2) is 0 Å².